The molecule has 0 spiro atoms. The summed E-state index contributed by atoms with van der Waals surface area (Å²) in [6.45, 7) is 4.31. The average Bonchev–Trinajstić information content (AvgIpc) is 3.01. The summed E-state index contributed by atoms with van der Waals surface area (Å²) in [5, 5.41) is 3.53. The zero-order valence-electron chi connectivity index (χ0n) is 10.0. The third-order valence-corrected chi connectivity index (χ3v) is 3.27. The molecule has 1 fully saturated rings. The third-order valence-electron chi connectivity index (χ3n) is 3.27. The van der Waals surface area contributed by atoms with Crippen molar-refractivity contribution >= 4 is 0 Å². The molecule has 2 atom stereocenters. The van der Waals surface area contributed by atoms with Crippen LogP contribution in [-0.2, 0) is 0 Å². The number of hydrogen-bond donors (Lipinski definition) is 1. The van der Waals surface area contributed by atoms with Crippen LogP contribution in [0.2, 0.25) is 0 Å². The molecular weight excluding hydrogens is 201 g/mol. The topological polar surface area (TPSA) is 12.0 Å². The summed E-state index contributed by atoms with van der Waals surface area (Å²) < 4.78 is 13.1. The summed E-state index contributed by atoms with van der Waals surface area (Å²) in [5.41, 5.74) is 1.03. The van der Waals surface area contributed by atoms with E-state index in [9.17, 15) is 4.39 Å². The predicted octanol–water partition coefficient (Wildman–Crippen LogP) is 3.66. The van der Waals surface area contributed by atoms with E-state index < -0.39 is 0 Å². The molecular formula is C14H20FN. The Bertz CT molecular complexity index is 346. The van der Waals surface area contributed by atoms with Gasteiger partial charge in [0.1, 0.15) is 5.82 Å². The lowest BCUT2D eigenvalue weighted by molar-refractivity contribution is 0.437. The smallest absolute Gasteiger partial charge is 0.123 e. The van der Waals surface area contributed by atoms with Gasteiger partial charge in [0, 0.05) is 12.1 Å². The van der Waals surface area contributed by atoms with Crippen LogP contribution in [0.4, 0.5) is 4.39 Å². The van der Waals surface area contributed by atoms with Crippen molar-refractivity contribution in [3.8, 4) is 0 Å². The van der Waals surface area contributed by atoms with Crippen molar-refractivity contribution in [1.82, 2.24) is 5.32 Å². The molecule has 0 aliphatic heterocycles. The van der Waals surface area contributed by atoms with Crippen LogP contribution in [0.1, 0.15) is 44.7 Å². The van der Waals surface area contributed by atoms with Crippen molar-refractivity contribution in [3.05, 3.63) is 35.6 Å². The van der Waals surface area contributed by atoms with Gasteiger partial charge < -0.3 is 5.32 Å². The molecule has 1 saturated carbocycles. The minimum atomic E-state index is -0.152. The van der Waals surface area contributed by atoms with E-state index in [2.05, 4.69) is 19.2 Å². The first kappa shape index (κ1) is 11.6. The fourth-order valence-corrected chi connectivity index (χ4v) is 2.22. The van der Waals surface area contributed by atoms with Gasteiger partial charge in [-0.15, -0.1) is 0 Å². The van der Waals surface area contributed by atoms with E-state index in [1.807, 2.05) is 6.07 Å². The number of hydrogen-bond acceptors (Lipinski definition) is 1. The Hall–Kier alpha value is -0.890. The Morgan fingerprint density at radius 2 is 2.12 bits per heavy atom. The molecule has 2 rings (SSSR count). The third kappa shape index (κ3) is 3.31. The summed E-state index contributed by atoms with van der Waals surface area (Å²) in [7, 11) is 0. The molecule has 0 aromatic heterocycles. The molecule has 88 valence electrons. The second-order valence-electron chi connectivity index (χ2n) is 5.02. The monoisotopic (exact) mass is 221 g/mol. The molecule has 1 aliphatic carbocycles. The molecule has 1 aromatic rings. The van der Waals surface area contributed by atoms with Gasteiger partial charge in [-0.05, 0) is 43.9 Å². The second-order valence-corrected chi connectivity index (χ2v) is 5.02. The van der Waals surface area contributed by atoms with E-state index in [0.717, 1.165) is 11.5 Å². The molecule has 1 N–H and O–H groups in total. The molecule has 0 radical (unpaired) electrons. The number of nitrogens with one attached hydrogen (secondary N) is 1. The zero-order chi connectivity index (χ0) is 11.5. The Morgan fingerprint density at radius 1 is 1.38 bits per heavy atom. The lowest BCUT2D eigenvalue weighted by Gasteiger charge is -2.20. The van der Waals surface area contributed by atoms with Crippen LogP contribution in [-0.4, -0.2) is 6.04 Å². The van der Waals surface area contributed by atoms with Crippen LogP contribution in [0.3, 0.4) is 0 Å². The highest BCUT2D eigenvalue weighted by Crippen LogP contribution is 2.33. The van der Waals surface area contributed by atoms with Gasteiger partial charge in [-0.25, -0.2) is 4.39 Å². The maximum Gasteiger partial charge on any atom is 0.123 e. The number of halogens is 1. The summed E-state index contributed by atoms with van der Waals surface area (Å²) >= 11 is 0. The van der Waals surface area contributed by atoms with E-state index in [0.29, 0.717) is 6.04 Å². The molecule has 0 amide bonds. The molecule has 1 nitrogen and oxygen atoms in total. The normalized spacial score (nSPS) is 19.4. The largest absolute Gasteiger partial charge is 0.308 e. The van der Waals surface area contributed by atoms with Crippen molar-refractivity contribution < 1.29 is 4.39 Å². The standard InChI is InChI=1S/C14H20FN/c1-10(8-12-6-7-12)16-11(2)13-4-3-5-14(15)9-13/h3-5,9-12,16H,6-8H2,1-2H3. The highest BCUT2D eigenvalue weighted by Gasteiger charge is 2.24. The number of benzene rings is 1. The Labute approximate surface area is 97.1 Å². The summed E-state index contributed by atoms with van der Waals surface area (Å²) in [5.74, 6) is 0.781. The lowest BCUT2D eigenvalue weighted by atomic mass is 10.1. The van der Waals surface area contributed by atoms with E-state index in [1.165, 1.54) is 25.3 Å². The Kier molecular flexibility index (Phi) is 3.59. The van der Waals surface area contributed by atoms with Crippen LogP contribution >= 0.6 is 0 Å². The van der Waals surface area contributed by atoms with Gasteiger partial charge in [-0.2, -0.15) is 0 Å². The van der Waals surface area contributed by atoms with Gasteiger partial charge in [0.25, 0.3) is 0 Å². The molecule has 2 unspecified atom stereocenters. The maximum atomic E-state index is 13.1. The Balaban J connectivity index is 1.88. The summed E-state index contributed by atoms with van der Waals surface area (Å²) in [4.78, 5) is 0. The molecule has 0 bridgehead atoms. The van der Waals surface area contributed by atoms with Crippen LogP contribution < -0.4 is 5.32 Å². The van der Waals surface area contributed by atoms with Gasteiger partial charge in [0.2, 0.25) is 0 Å². The van der Waals surface area contributed by atoms with Crippen LogP contribution in [0, 0.1) is 11.7 Å². The Morgan fingerprint density at radius 3 is 2.75 bits per heavy atom. The minimum Gasteiger partial charge on any atom is -0.308 e. The van der Waals surface area contributed by atoms with E-state index in [4.69, 9.17) is 0 Å². The molecule has 2 heteroatoms. The van der Waals surface area contributed by atoms with E-state index in [-0.39, 0.29) is 11.9 Å². The van der Waals surface area contributed by atoms with Crippen molar-refractivity contribution in [3.63, 3.8) is 0 Å². The first-order chi connectivity index (χ1) is 7.65. The fraction of sp³-hybridized carbons (Fsp3) is 0.571. The molecule has 16 heavy (non-hydrogen) atoms. The minimum absolute atomic E-state index is 0.152. The van der Waals surface area contributed by atoms with E-state index in [1.54, 1.807) is 12.1 Å². The van der Waals surface area contributed by atoms with Crippen LogP contribution in [0.15, 0.2) is 24.3 Å². The van der Waals surface area contributed by atoms with Gasteiger partial charge >= 0.3 is 0 Å². The highest BCUT2D eigenvalue weighted by atomic mass is 19.1. The SMILES string of the molecule is CC(CC1CC1)NC(C)c1cccc(F)c1. The van der Waals surface area contributed by atoms with Crippen molar-refractivity contribution in [2.24, 2.45) is 5.92 Å². The molecule has 0 saturated heterocycles. The van der Waals surface area contributed by atoms with Crippen molar-refractivity contribution in [1.29, 1.82) is 0 Å². The van der Waals surface area contributed by atoms with Gasteiger partial charge in [0.05, 0.1) is 0 Å². The average molecular weight is 221 g/mol. The maximum absolute atomic E-state index is 13.1. The lowest BCUT2D eigenvalue weighted by Crippen LogP contribution is -2.29. The fourth-order valence-electron chi connectivity index (χ4n) is 2.22. The van der Waals surface area contributed by atoms with Crippen LogP contribution in [0.25, 0.3) is 0 Å². The van der Waals surface area contributed by atoms with Gasteiger partial charge in [-0.1, -0.05) is 25.0 Å². The summed E-state index contributed by atoms with van der Waals surface area (Å²) in [6, 6.07) is 7.60. The number of rotatable bonds is 5. The van der Waals surface area contributed by atoms with Gasteiger partial charge in [-0.3, -0.25) is 0 Å². The molecule has 1 aromatic carbocycles. The first-order valence-electron chi connectivity index (χ1n) is 6.16. The quantitative estimate of drug-likeness (QED) is 0.800. The van der Waals surface area contributed by atoms with Gasteiger partial charge in [0.15, 0.2) is 0 Å². The highest BCUT2D eigenvalue weighted by molar-refractivity contribution is 5.19. The van der Waals surface area contributed by atoms with Crippen molar-refractivity contribution in [2.75, 3.05) is 0 Å². The molecule has 0 heterocycles. The second kappa shape index (κ2) is 4.96. The summed E-state index contributed by atoms with van der Waals surface area (Å²) in [6.07, 6.45) is 4.03. The zero-order valence-corrected chi connectivity index (χ0v) is 10.0. The molecule has 1 aliphatic rings. The van der Waals surface area contributed by atoms with E-state index >= 15 is 0 Å². The van der Waals surface area contributed by atoms with Crippen LogP contribution in [0.5, 0.6) is 0 Å². The van der Waals surface area contributed by atoms with Crippen molar-refractivity contribution in [2.45, 2.75) is 45.2 Å². The first-order valence-corrected chi connectivity index (χ1v) is 6.16. The predicted molar refractivity (Wildman–Crippen MR) is 64.8 cm³/mol.